The van der Waals surface area contributed by atoms with Crippen molar-refractivity contribution in [2.75, 3.05) is 26.4 Å². The second-order valence-corrected chi connectivity index (χ2v) is 22.5. The molecular formula is C62H111NO18. The average molecular weight is 1160 g/mol. The van der Waals surface area contributed by atoms with Crippen LogP contribution in [0.25, 0.3) is 0 Å². The van der Waals surface area contributed by atoms with Crippen molar-refractivity contribution in [1.29, 1.82) is 0 Å². The summed E-state index contributed by atoms with van der Waals surface area (Å²) in [5.74, 6) is -0.248. The molecule has 0 aromatic rings. The second kappa shape index (κ2) is 45.1. The highest BCUT2D eigenvalue weighted by Crippen LogP contribution is 2.33. The van der Waals surface area contributed by atoms with E-state index in [0.29, 0.717) is 12.8 Å². The van der Waals surface area contributed by atoms with Crippen molar-refractivity contribution >= 4 is 5.91 Å². The van der Waals surface area contributed by atoms with E-state index in [2.05, 4.69) is 67.8 Å². The number of allylic oxidation sites excluding steroid dienone is 8. The summed E-state index contributed by atoms with van der Waals surface area (Å²) in [6, 6.07) is -0.886. The Labute approximate surface area is 484 Å². The first-order valence-corrected chi connectivity index (χ1v) is 31.4. The van der Waals surface area contributed by atoms with E-state index in [4.69, 9.17) is 28.4 Å². The molecule has 19 heteroatoms. The van der Waals surface area contributed by atoms with Crippen molar-refractivity contribution in [2.45, 2.75) is 311 Å². The molecule has 0 bridgehead atoms. The van der Waals surface area contributed by atoms with E-state index < -0.39 is 124 Å². The minimum Gasteiger partial charge on any atom is -0.394 e. The van der Waals surface area contributed by atoms with Crippen LogP contribution >= 0.6 is 0 Å². The fourth-order valence-electron chi connectivity index (χ4n) is 10.5. The van der Waals surface area contributed by atoms with Crippen molar-refractivity contribution in [3.05, 3.63) is 48.6 Å². The molecule has 472 valence electrons. The first-order valence-electron chi connectivity index (χ1n) is 31.4. The molecule has 17 atom stereocenters. The first kappa shape index (κ1) is 73.0. The summed E-state index contributed by atoms with van der Waals surface area (Å²) in [4.78, 5) is 13.3. The number of aliphatic hydroxyl groups is 11. The number of carbonyl (C=O) groups is 1. The molecule has 1 amide bonds. The molecule has 0 saturated carbocycles. The number of carbonyl (C=O) groups excluding carboxylic acids is 1. The minimum absolute atomic E-state index is 0.248. The van der Waals surface area contributed by atoms with E-state index in [0.717, 1.165) is 70.6 Å². The van der Waals surface area contributed by atoms with E-state index in [1.54, 1.807) is 0 Å². The molecule has 17 unspecified atom stereocenters. The van der Waals surface area contributed by atoms with Gasteiger partial charge in [-0.3, -0.25) is 4.79 Å². The molecule has 12 N–H and O–H groups in total. The number of rotatable bonds is 46. The molecule has 0 aromatic heterocycles. The van der Waals surface area contributed by atoms with Crippen LogP contribution in [-0.2, 0) is 33.2 Å². The third-order valence-corrected chi connectivity index (χ3v) is 15.7. The maximum absolute atomic E-state index is 13.3. The maximum atomic E-state index is 13.3. The quantitative estimate of drug-likeness (QED) is 0.0236. The van der Waals surface area contributed by atoms with Crippen LogP contribution in [-0.4, -0.2) is 193 Å². The van der Waals surface area contributed by atoms with Crippen LogP contribution in [0.15, 0.2) is 48.6 Å². The Kier molecular flexibility index (Phi) is 40.7. The van der Waals surface area contributed by atoms with Crippen LogP contribution in [0.4, 0.5) is 0 Å². The highest BCUT2D eigenvalue weighted by molar-refractivity contribution is 5.76. The zero-order valence-electron chi connectivity index (χ0n) is 49.3. The van der Waals surface area contributed by atoms with Gasteiger partial charge in [-0.05, 0) is 51.4 Å². The van der Waals surface area contributed by atoms with Crippen molar-refractivity contribution in [2.24, 2.45) is 0 Å². The van der Waals surface area contributed by atoms with Crippen molar-refractivity contribution in [3.8, 4) is 0 Å². The van der Waals surface area contributed by atoms with Gasteiger partial charge in [0.2, 0.25) is 5.91 Å². The topological polar surface area (TPSA) is 307 Å². The van der Waals surface area contributed by atoms with Crippen molar-refractivity contribution in [3.63, 3.8) is 0 Å². The van der Waals surface area contributed by atoms with Gasteiger partial charge in [0.1, 0.15) is 73.2 Å². The van der Waals surface area contributed by atoms with Crippen LogP contribution in [0.3, 0.4) is 0 Å². The fraction of sp³-hybridized carbons (Fsp3) is 0.855. The zero-order chi connectivity index (χ0) is 59.0. The molecule has 0 aromatic carbocycles. The van der Waals surface area contributed by atoms with Crippen molar-refractivity contribution in [1.82, 2.24) is 5.32 Å². The van der Waals surface area contributed by atoms with E-state index in [1.165, 1.54) is 103 Å². The van der Waals surface area contributed by atoms with Gasteiger partial charge in [-0.2, -0.15) is 0 Å². The highest BCUT2D eigenvalue weighted by Gasteiger charge is 2.53. The van der Waals surface area contributed by atoms with Gasteiger partial charge in [-0.25, -0.2) is 0 Å². The molecule has 3 rings (SSSR count). The summed E-state index contributed by atoms with van der Waals surface area (Å²) in [7, 11) is 0. The molecule has 0 spiro atoms. The summed E-state index contributed by atoms with van der Waals surface area (Å²) < 4.78 is 34.3. The predicted octanol–water partition coefficient (Wildman–Crippen LogP) is 6.26. The molecule has 3 heterocycles. The lowest BCUT2D eigenvalue weighted by Gasteiger charge is -2.48. The Hall–Kier alpha value is -2.25. The summed E-state index contributed by atoms with van der Waals surface area (Å²) >= 11 is 0. The predicted molar refractivity (Wildman–Crippen MR) is 309 cm³/mol. The summed E-state index contributed by atoms with van der Waals surface area (Å²) in [6.07, 6.45) is 23.7. The number of nitrogens with one attached hydrogen (secondary N) is 1. The normalized spacial score (nSPS) is 30.1. The Bertz CT molecular complexity index is 1670. The maximum Gasteiger partial charge on any atom is 0.220 e. The number of ether oxygens (including phenoxy) is 6. The van der Waals surface area contributed by atoms with Crippen LogP contribution < -0.4 is 5.32 Å². The van der Waals surface area contributed by atoms with E-state index in [9.17, 15) is 61.0 Å². The lowest BCUT2D eigenvalue weighted by molar-refractivity contribution is -0.379. The molecule has 3 aliphatic heterocycles. The summed E-state index contributed by atoms with van der Waals surface area (Å²) in [5.41, 5.74) is 0. The van der Waals surface area contributed by atoms with E-state index in [-0.39, 0.29) is 18.9 Å². The zero-order valence-corrected chi connectivity index (χ0v) is 49.3. The van der Waals surface area contributed by atoms with Gasteiger partial charge in [0.15, 0.2) is 18.9 Å². The van der Waals surface area contributed by atoms with Crippen LogP contribution in [0, 0.1) is 0 Å². The Morgan fingerprint density at radius 1 is 0.457 bits per heavy atom. The van der Waals surface area contributed by atoms with Gasteiger partial charge < -0.3 is 89.9 Å². The Morgan fingerprint density at radius 2 is 0.852 bits per heavy atom. The van der Waals surface area contributed by atoms with Gasteiger partial charge in [-0.1, -0.05) is 197 Å². The summed E-state index contributed by atoms with van der Waals surface area (Å²) in [6.45, 7) is 1.64. The lowest BCUT2D eigenvalue weighted by Crippen LogP contribution is -2.66. The third-order valence-electron chi connectivity index (χ3n) is 15.7. The number of unbranched alkanes of at least 4 members (excludes halogenated alkanes) is 22. The SMILES string of the molecule is CC/C=C\C/C=C\C/C=C\C/C=C\CCCCCCCCCCCCCCCCC(=O)NC(COC1OC(CO)C(OC2OC(CO)C(OC3OC(CO)C(O)C(O)C3O)C(O)C2O)C(O)C1O)C(O)CCCCCCCCCCC. The average Bonchev–Trinajstić information content (AvgIpc) is 3.47. The highest BCUT2D eigenvalue weighted by atomic mass is 16.8. The minimum atomic E-state index is -1.97. The van der Waals surface area contributed by atoms with Gasteiger partial charge in [0.25, 0.3) is 0 Å². The molecule has 0 radical (unpaired) electrons. The fourth-order valence-corrected chi connectivity index (χ4v) is 10.5. The van der Waals surface area contributed by atoms with Gasteiger partial charge in [0.05, 0.1) is 38.6 Å². The Morgan fingerprint density at radius 3 is 1.33 bits per heavy atom. The van der Waals surface area contributed by atoms with E-state index >= 15 is 0 Å². The number of aliphatic hydroxyl groups excluding tert-OH is 11. The molecule has 3 aliphatic rings. The Balaban J connectivity index is 1.39. The molecular weight excluding hydrogens is 1050 g/mol. The van der Waals surface area contributed by atoms with Gasteiger partial charge >= 0.3 is 0 Å². The van der Waals surface area contributed by atoms with Gasteiger partial charge in [-0.15, -0.1) is 0 Å². The largest absolute Gasteiger partial charge is 0.394 e. The molecule has 19 nitrogen and oxygen atoms in total. The lowest BCUT2D eigenvalue weighted by atomic mass is 9.96. The van der Waals surface area contributed by atoms with Crippen molar-refractivity contribution < 1.29 is 89.4 Å². The standard InChI is InChI=1S/C62H111NO18/c1-3-5-7-9-11-13-14-15-16-17-18-19-20-21-22-23-24-25-26-27-28-29-30-32-34-36-38-40-50(68)63-45(46(67)39-37-35-33-31-12-10-8-6-4-2)44-76-60-56(74)53(71)58(48(42-65)78-60)81-62-57(75)54(72)59(49(43-66)79-62)80-61-55(73)52(70)51(69)47(41-64)77-61/h5,7,11,13,15-16,18-19,45-49,51-62,64-67,69-75H,3-4,6,8-10,12,14,17,20-44H2,1-2H3,(H,63,68)/b7-5-,13-11-,16-15-,19-18-. The van der Waals surface area contributed by atoms with Crippen LogP contribution in [0.2, 0.25) is 0 Å². The number of hydrogen-bond acceptors (Lipinski definition) is 18. The van der Waals surface area contributed by atoms with Gasteiger partial charge in [0, 0.05) is 6.42 Å². The third kappa shape index (κ3) is 28.7. The van der Waals surface area contributed by atoms with Crippen LogP contribution in [0.1, 0.15) is 206 Å². The monoisotopic (exact) mass is 1160 g/mol. The molecule has 3 fully saturated rings. The number of amides is 1. The van der Waals surface area contributed by atoms with Crippen LogP contribution in [0.5, 0.6) is 0 Å². The first-order chi connectivity index (χ1) is 39.3. The molecule has 81 heavy (non-hydrogen) atoms. The molecule has 3 saturated heterocycles. The number of hydrogen-bond donors (Lipinski definition) is 12. The summed E-state index contributed by atoms with van der Waals surface area (Å²) in [5, 5.41) is 120. The molecule has 0 aliphatic carbocycles. The smallest absolute Gasteiger partial charge is 0.220 e. The second-order valence-electron chi connectivity index (χ2n) is 22.5. The van der Waals surface area contributed by atoms with E-state index in [1.807, 2.05) is 0 Å².